The van der Waals surface area contributed by atoms with Crippen LogP contribution in [0.25, 0.3) is 0 Å². The highest BCUT2D eigenvalue weighted by molar-refractivity contribution is 6.30. The lowest BCUT2D eigenvalue weighted by molar-refractivity contribution is 0.0734. The molecule has 0 bridgehead atoms. The van der Waals surface area contributed by atoms with E-state index < -0.39 is 5.82 Å². The van der Waals surface area contributed by atoms with Crippen LogP contribution in [-0.4, -0.2) is 22.5 Å². The average molecular weight is 306 g/mol. The molecular formula is C16H13ClFNO2. The first-order chi connectivity index (χ1) is 10.0. The van der Waals surface area contributed by atoms with Gasteiger partial charge in [0.2, 0.25) is 0 Å². The normalized spacial score (nSPS) is 13.9. The molecule has 1 heterocycles. The van der Waals surface area contributed by atoms with E-state index in [-0.39, 0.29) is 22.2 Å². The quantitative estimate of drug-likeness (QED) is 0.877. The lowest BCUT2D eigenvalue weighted by Crippen LogP contribution is -2.35. The summed E-state index contributed by atoms with van der Waals surface area (Å²) in [4.78, 5) is 14.1. The first-order valence-corrected chi connectivity index (χ1v) is 6.97. The molecule has 1 N–H and O–H groups in total. The van der Waals surface area contributed by atoms with Crippen molar-refractivity contribution in [2.24, 2.45) is 0 Å². The van der Waals surface area contributed by atoms with Crippen LogP contribution in [0.5, 0.6) is 5.75 Å². The van der Waals surface area contributed by atoms with Gasteiger partial charge in [-0.25, -0.2) is 4.39 Å². The van der Waals surface area contributed by atoms with E-state index in [0.717, 1.165) is 23.6 Å². The Morgan fingerprint density at radius 2 is 2.00 bits per heavy atom. The molecule has 1 amide bonds. The third-order valence-electron chi connectivity index (χ3n) is 3.66. The average Bonchev–Trinajstić information content (AvgIpc) is 2.48. The van der Waals surface area contributed by atoms with Crippen LogP contribution in [0.3, 0.4) is 0 Å². The van der Waals surface area contributed by atoms with E-state index in [0.29, 0.717) is 13.1 Å². The second kappa shape index (κ2) is 5.37. The summed E-state index contributed by atoms with van der Waals surface area (Å²) in [6.45, 7) is 0.980. The van der Waals surface area contributed by atoms with Crippen LogP contribution in [0.15, 0.2) is 36.4 Å². The molecule has 0 unspecified atom stereocenters. The number of nitrogens with zero attached hydrogens (tertiary/aromatic N) is 1. The van der Waals surface area contributed by atoms with Crippen molar-refractivity contribution in [1.82, 2.24) is 4.90 Å². The van der Waals surface area contributed by atoms with Crippen LogP contribution in [0.4, 0.5) is 4.39 Å². The van der Waals surface area contributed by atoms with Gasteiger partial charge in [-0.1, -0.05) is 17.7 Å². The second-order valence-corrected chi connectivity index (χ2v) is 5.47. The lowest BCUT2D eigenvalue weighted by Gasteiger charge is -2.29. The van der Waals surface area contributed by atoms with Gasteiger partial charge in [0.15, 0.2) is 0 Å². The van der Waals surface area contributed by atoms with Gasteiger partial charge in [0.05, 0.1) is 5.02 Å². The van der Waals surface area contributed by atoms with Crippen molar-refractivity contribution in [1.29, 1.82) is 0 Å². The standard InChI is InChI=1S/C16H13ClFNO2/c17-14-4-2-11(8-15(14)18)16(21)19-6-5-10-1-3-13(20)7-12(10)9-19/h1-4,7-8,20H,5-6,9H2. The molecule has 0 aliphatic carbocycles. The fourth-order valence-corrected chi connectivity index (χ4v) is 2.65. The summed E-state index contributed by atoms with van der Waals surface area (Å²) in [6.07, 6.45) is 0.720. The summed E-state index contributed by atoms with van der Waals surface area (Å²) in [6, 6.07) is 9.23. The molecule has 0 atom stereocenters. The van der Waals surface area contributed by atoms with E-state index in [9.17, 15) is 14.3 Å². The number of phenols is 1. The van der Waals surface area contributed by atoms with Crippen molar-refractivity contribution >= 4 is 17.5 Å². The highest BCUT2D eigenvalue weighted by atomic mass is 35.5. The lowest BCUT2D eigenvalue weighted by atomic mass is 9.99. The van der Waals surface area contributed by atoms with Crippen molar-refractivity contribution in [3.05, 3.63) is 63.9 Å². The summed E-state index contributed by atoms with van der Waals surface area (Å²) in [5.41, 5.74) is 2.32. The Morgan fingerprint density at radius 3 is 2.76 bits per heavy atom. The number of fused-ring (bicyclic) bond motifs is 1. The Kier molecular flexibility index (Phi) is 3.55. The summed E-state index contributed by atoms with van der Waals surface area (Å²) in [5.74, 6) is -0.655. The minimum atomic E-state index is -0.599. The highest BCUT2D eigenvalue weighted by Crippen LogP contribution is 2.25. The third kappa shape index (κ3) is 2.72. The zero-order chi connectivity index (χ0) is 15.0. The van der Waals surface area contributed by atoms with Gasteiger partial charge in [-0.2, -0.15) is 0 Å². The number of amides is 1. The van der Waals surface area contributed by atoms with Gasteiger partial charge in [0.1, 0.15) is 11.6 Å². The van der Waals surface area contributed by atoms with Crippen LogP contribution in [0.1, 0.15) is 21.5 Å². The molecule has 108 valence electrons. The Bertz CT molecular complexity index is 717. The molecule has 3 rings (SSSR count). The molecule has 2 aromatic carbocycles. The van der Waals surface area contributed by atoms with Gasteiger partial charge in [-0.3, -0.25) is 4.79 Å². The van der Waals surface area contributed by atoms with Gasteiger partial charge >= 0.3 is 0 Å². The predicted molar refractivity (Wildman–Crippen MR) is 78.0 cm³/mol. The smallest absolute Gasteiger partial charge is 0.254 e. The zero-order valence-electron chi connectivity index (χ0n) is 11.1. The van der Waals surface area contributed by atoms with Crippen LogP contribution in [0, 0.1) is 5.82 Å². The van der Waals surface area contributed by atoms with E-state index in [1.165, 1.54) is 12.1 Å². The van der Waals surface area contributed by atoms with Crippen LogP contribution < -0.4 is 0 Å². The summed E-state index contributed by atoms with van der Waals surface area (Å²) >= 11 is 5.63. The number of hydrogen-bond acceptors (Lipinski definition) is 2. The van der Waals surface area contributed by atoms with Crippen molar-refractivity contribution in [3.63, 3.8) is 0 Å². The molecule has 0 saturated heterocycles. The highest BCUT2D eigenvalue weighted by Gasteiger charge is 2.22. The van der Waals surface area contributed by atoms with Crippen molar-refractivity contribution in [2.45, 2.75) is 13.0 Å². The number of phenolic OH excluding ortho intramolecular Hbond substituents is 1. The monoisotopic (exact) mass is 305 g/mol. The van der Waals surface area contributed by atoms with Crippen molar-refractivity contribution in [3.8, 4) is 5.75 Å². The second-order valence-electron chi connectivity index (χ2n) is 5.06. The number of carbonyl (C=O) groups is 1. The van der Waals surface area contributed by atoms with Crippen LogP contribution >= 0.6 is 11.6 Å². The molecule has 0 aromatic heterocycles. The van der Waals surface area contributed by atoms with E-state index >= 15 is 0 Å². The number of benzene rings is 2. The van der Waals surface area contributed by atoms with Gasteiger partial charge in [-0.15, -0.1) is 0 Å². The SMILES string of the molecule is O=C(c1ccc(Cl)c(F)c1)N1CCc2ccc(O)cc2C1. The zero-order valence-corrected chi connectivity index (χ0v) is 11.9. The number of hydrogen-bond donors (Lipinski definition) is 1. The molecule has 3 nitrogen and oxygen atoms in total. The maximum Gasteiger partial charge on any atom is 0.254 e. The largest absolute Gasteiger partial charge is 0.508 e. The molecule has 2 aromatic rings. The molecule has 1 aliphatic heterocycles. The van der Waals surface area contributed by atoms with E-state index in [4.69, 9.17) is 11.6 Å². The Morgan fingerprint density at radius 1 is 1.19 bits per heavy atom. The fourth-order valence-electron chi connectivity index (χ4n) is 2.53. The topological polar surface area (TPSA) is 40.5 Å². The minimum Gasteiger partial charge on any atom is -0.508 e. The number of rotatable bonds is 1. The molecule has 1 aliphatic rings. The Balaban J connectivity index is 1.85. The van der Waals surface area contributed by atoms with Gasteiger partial charge < -0.3 is 10.0 Å². The molecule has 0 spiro atoms. The van der Waals surface area contributed by atoms with Crippen molar-refractivity contribution in [2.75, 3.05) is 6.54 Å². The first kappa shape index (κ1) is 13.9. The molecular weight excluding hydrogens is 293 g/mol. The number of halogens is 2. The summed E-state index contributed by atoms with van der Waals surface area (Å²) in [7, 11) is 0. The van der Waals surface area contributed by atoms with Crippen LogP contribution in [-0.2, 0) is 13.0 Å². The molecule has 5 heteroatoms. The maximum atomic E-state index is 13.5. The van der Waals surface area contributed by atoms with Crippen molar-refractivity contribution < 1.29 is 14.3 Å². The van der Waals surface area contributed by atoms with E-state index in [2.05, 4.69) is 0 Å². The van der Waals surface area contributed by atoms with Gasteiger partial charge in [0.25, 0.3) is 5.91 Å². The van der Waals surface area contributed by atoms with Gasteiger partial charge in [0, 0.05) is 18.7 Å². The van der Waals surface area contributed by atoms with Gasteiger partial charge in [-0.05, 0) is 47.9 Å². The molecule has 0 fully saturated rings. The van der Waals surface area contributed by atoms with E-state index in [1.807, 2.05) is 6.07 Å². The Labute approximate surface area is 126 Å². The summed E-state index contributed by atoms with van der Waals surface area (Å²) < 4.78 is 13.5. The molecule has 21 heavy (non-hydrogen) atoms. The fraction of sp³-hybridized carbons (Fsp3) is 0.188. The molecule has 0 radical (unpaired) electrons. The third-order valence-corrected chi connectivity index (χ3v) is 3.96. The molecule has 0 saturated carbocycles. The predicted octanol–water partition coefficient (Wildman–Crippen LogP) is 3.38. The minimum absolute atomic E-state index is 0.000428. The summed E-state index contributed by atoms with van der Waals surface area (Å²) in [5, 5.41) is 9.53. The Hall–Kier alpha value is -2.07. The maximum absolute atomic E-state index is 13.5. The van der Waals surface area contributed by atoms with Crippen LogP contribution in [0.2, 0.25) is 5.02 Å². The number of aromatic hydroxyl groups is 1. The number of carbonyl (C=O) groups excluding carboxylic acids is 1. The first-order valence-electron chi connectivity index (χ1n) is 6.59. The van der Waals surface area contributed by atoms with E-state index in [1.54, 1.807) is 17.0 Å².